The van der Waals surface area contributed by atoms with Crippen molar-refractivity contribution in [2.75, 3.05) is 6.54 Å². The van der Waals surface area contributed by atoms with Crippen molar-refractivity contribution >= 4 is 17.7 Å². The van der Waals surface area contributed by atoms with Gasteiger partial charge in [0, 0.05) is 24.5 Å². The molecule has 0 bridgehead atoms. The van der Waals surface area contributed by atoms with Crippen molar-refractivity contribution in [2.24, 2.45) is 0 Å². The minimum absolute atomic E-state index is 0.182. The van der Waals surface area contributed by atoms with Gasteiger partial charge in [-0.2, -0.15) is 0 Å². The number of aromatic amines is 1. The first-order chi connectivity index (χ1) is 9.65. The molecule has 3 heterocycles. The summed E-state index contributed by atoms with van der Waals surface area (Å²) in [5.74, 6) is 0.648. The van der Waals surface area contributed by atoms with Crippen LogP contribution in [0.25, 0.3) is 11.3 Å². The van der Waals surface area contributed by atoms with E-state index < -0.39 is 6.09 Å². The molecule has 0 aliphatic carbocycles. The van der Waals surface area contributed by atoms with Crippen LogP contribution in [0.1, 0.15) is 24.7 Å². The SMILES string of the molecule is O=C(O)N1CCCC1c1ncc(-c2cnc(Cl)nc2)[nH]1. The Labute approximate surface area is 119 Å². The first-order valence-corrected chi connectivity index (χ1v) is 6.55. The first kappa shape index (κ1) is 12.9. The van der Waals surface area contributed by atoms with Crippen LogP contribution >= 0.6 is 11.6 Å². The number of imidazole rings is 1. The maximum Gasteiger partial charge on any atom is 0.407 e. The van der Waals surface area contributed by atoms with Gasteiger partial charge < -0.3 is 10.1 Å². The smallest absolute Gasteiger partial charge is 0.407 e. The number of likely N-dealkylation sites (tertiary alicyclic amines) is 1. The predicted octanol–water partition coefficient (Wildman–Crippen LogP) is 2.33. The summed E-state index contributed by atoms with van der Waals surface area (Å²) in [5, 5.41) is 9.33. The van der Waals surface area contributed by atoms with E-state index in [1.807, 2.05) is 0 Å². The predicted molar refractivity (Wildman–Crippen MR) is 71.3 cm³/mol. The number of nitrogens with zero attached hydrogens (tertiary/aromatic N) is 4. The van der Waals surface area contributed by atoms with E-state index in [2.05, 4.69) is 19.9 Å². The van der Waals surface area contributed by atoms with Crippen molar-refractivity contribution in [1.82, 2.24) is 24.8 Å². The summed E-state index contributed by atoms with van der Waals surface area (Å²) in [5.41, 5.74) is 1.50. The molecular weight excluding hydrogens is 282 g/mol. The minimum Gasteiger partial charge on any atom is -0.465 e. The Bertz CT molecular complexity index is 627. The van der Waals surface area contributed by atoms with Gasteiger partial charge in [-0.15, -0.1) is 0 Å². The molecule has 1 fully saturated rings. The lowest BCUT2D eigenvalue weighted by molar-refractivity contribution is 0.139. The monoisotopic (exact) mass is 293 g/mol. The van der Waals surface area contributed by atoms with Crippen LogP contribution in [0, 0.1) is 0 Å². The molecule has 2 aromatic heterocycles. The highest BCUT2D eigenvalue weighted by Crippen LogP contribution is 2.31. The number of rotatable bonds is 2. The second-order valence-corrected chi connectivity index (χ2v) is 4.89. The molecule has 0 radical (unpaired) electrons. The molecule has 1 amide bonds. The van der Waals surface area contributed by atoms with Gasteiger partial charge in [-0.05, 0) is 24.4 Å². The van der Waals surface area contributed by atoms with Gasteiger partial charge in [0.25, 0.3) is 0 Å². The van der Waals surface area contributed by atoms with Crippen molar-refractivity contribution in [3.05, 3.63) is 29.7 Å². The van der Waals surface area contributed by atoms with Crippen LogP contribution < -0.4 is 0 Å². The number of carbonyl (C=O) groups is 1. The van der Waals surface area contributed by atoms with E-state index in [9.17, 15) is 4.79 Å². The highest BCUT2D eigenvalue weighted by molar-refractivity contribution is 6.28. The zero-order chi connectivity index (χ0) is 14.1. The Kier molecular flexibility index (Phi) is 3.27. The number of H-pyrrole nitrogens is 1. The van der Waals surface area contributed by atoms with Crippen LogP contribution in [0.5, 0.6) is 0 Å². The number of halogens is 1. The summed E-state index contributed by atoms with van der Waals surface area (Å²) in [6.45, 7) is 0.542. The van der Waals surface area contributed by atoms with E-state index in [1.54, 1.807) is 18.6 Å². The molecular formula is C12H12ClN5O2. The van der Waals surface area contributed by atoms with Gasteiger partial charge in [0.15, 0.2) is 0 Å². The van der Waals surface area contributed by atoms with Crippen LogP contribution in [-0.2, 0) is 0 Å². The molecule has 0 spiro atoms. The third-order valence-corrected chi connectivity index (χ3v) is 3.54. The molecule has 2 N–H and O–H groups in total. The second-order valence-electron chi connectivity index (χ2n) is 4.56. The molecule has 0 saturated carbocycles. The number of nitrogens with one attached hydrogen (secondary N) is 1. The standard InChI is InChI=1S/C12H12ClN5O2/c13-11-15-4-7(5-16-11)8-6-14-10(17-8)9-2-1-3-18(9)12(19)20/h4-6,9H,1-3H2,(H,14,17)(H,19,20). The average Bonchev–Trinajstić information content (AvgIpc) is 3.08. The lowest BCUT2D eigenvalue weighted by atomic mass is 10.2. The Balaban J connectivity index is 1.86. The molecule has 7 nitrogen and oxygen atoms in total. The molecule has 3 rings (SSSR count). The van der Waals surface area contributed by atoms with Gasteiger partial charge >= 0.3 is 6.09 Å². The van der Waals surface area contributed by atoms with Crippen LogP contribution in [0.15, 0.2) is 18.6 Å². The Hall–Kier alpha value is -2.15. The van der Waals surface area contributed by atoms with Gasteiger partial charge in [-0.1, -0.05) is 0 Å². The summed E-state index contributed by atoms with van der Waals surface area (Å²) >= 11 is 5.64. The number of carboxylic acid groups (broad SMARTS) is 1. The highest BCUT2D eigenvalue weighted by Gasteiger charge is 2.31. The minimum atomic E-state index is -0.916. The molecule has 8 heteroatoms. The quantitative estimate of drug-likeness (QED) is 0.829. The number of hydrogen-bond acceptors (Lipinski definition) is 4. The third kappa shape index (κ3) is 2.32. The van der Waals surface area contributed by atoms with Crippen LogP contribution in [0.4, 0.5) is 4.79 Å². The summed E-state index contributed by atoms with van der Waals surface area (Å²) in [6.07, 6.45) is 5.54. The van der Waals surface area contributed by atoms with E-state index >= 15 is 0 Å². The van der Waals surface area contributed by atoms with E-state index in [4.69, 9.17) is 16.7 Å². The zero-order valence-electron chi connectivity index (χ0n) is 10.5. The topological polar surface area (TPSA) is 95.0 Å². The molecule has 1 atom stereocenters. The van der Waals surface area contributed by atoms with Crippen molar-refractivity contribution in [2.45, 2.75) is 18.9 Å². The number of hydrogen-bond donors (Lipinski definition) is 2. The molecule has 20 heavy (non-hydrogen) atoms. The maximum absolute atomic E-state index is 11.1. The van der Waals surface area contributed by atoms with Crippen LogP contribution in [0.2, 0.25) is 5.28 Å². The summed E-state index contributed by atoms with van der Waals surface area (Å²) in [6, 6.07) is -0.213. The summed E-state index contributed by atoms with van der Waals surface area (Å²) in [7, 11) is 0. The van der Waals surface area contributed by atoms with E-state index in [-0.39, 0.29) is 11.3 Å². The molecule has 2 aromatic rings. The van der Waals surface area contributed by atoms with Crippen molar-refractivity contribution in [3.63, 3.8) is 0 Å². The third-order valence-electron chi connectivity index (χ3n) is 3.34. The van der Waals surface area contributed by atoms with Gasteiger partial charge in [0.05, 0.1) is 17.9 Å². The average molecular weight is 294 g/mol. The normalized spacial score (nSPS) is 18.4. The van der Waals surface area contributed by atoms with Crippen molar-refractivity contribution in [1.29, 1.82) is 0 Å². The molecule has 0 aromatic carbocycles. The maximum atomic E-state index is 11.1. The zero-order valence-corrected chi connectivity index (χ0v) is 11.2. The van der Waals surface area contributed by atoms with Crippen LogP contribution in [0.3, 0.4) is 0 Å². The Morgan fingerprint density at radius 1 is 1.35 bits per heavy atom. The first-order valence-electron chi connectivity index (χ1n) is 6.17. The Morgan fingerprint density at radius 3 is 2.80 bits per heavy atom. The lowest BCUT2D eigenvalue weighted by Gasteiger charge is -2.19. The van der Waals surface area contributed by atoms with Gasteiger partial charge in [0.2, 0.25) is 5.28 Å². The van der Waals surface area contributed by atoms with E-state index in [0.29, 0.717) is 12.4 Å². The lowest BCUT2D eigenvalue weighted by Crippen LogP contribution is -2.29. The fourth-order valence-electron chi connectivity index (χ4n) is 2.38. The van der Waals surface area contributed by atoms with Gasteiger partial charge in [-0.3, -0.25) is 4.90 Å². The van der Waals surface area contributed by atoms with Crippen molar-refractivity contribution in [3.8, 4) is 11.3 Å². The van der Waals surface area contributed by atoms with Crippen LogP contribution in [-0.4, -0.2) is 42.6 Å². The summed E-state index contributed by atoms with van der Waals surface area (Å²) < 4.78 is 0. The van der Waals surface area contributed by atoms with Gasteiger partial charge in [-0.25, -0.2) is 19.7 Å². The Morgan fingerprint density at radius 2 is 2.10 bits per heavy atom. The molecule has 104 valence electrons. The highest BCUT2D eigenvalue weighted by atomic mass is 35.5. The number of aromatic nitrogens is 4. The molecule has 1 aliphatic rings. The van der Waals surface area contributed by atoms with Gasteiger partial charge in [0.1, 0.15) is 5.82 Å². The molecule has 1 aliphatic heterocycles. The van der Waals surface area contributed by atoms with E-state index in [1.165, 1.54) is 4.90 Å². The second kappa shape index (κ2) is 5.09. The molecule has 1 unspecified atom stereocenters. The number of amides is 1. The molecule has 1 saturated heterocycles. The van der Waals surface area contributed by atoms with E-state index in [0.717, 1.165) is 24.1 Å². The van der Waals surface area contributed by atoms with Crippen molar-refractivity contribution < 1.29 is 9.90 Å². The summed E-state index contributed by atoms with van der Waals surface area (Å²) in [4.78, 5) is 27.8. The fourth-order valence-corrected chi connectivity index (χ4v) is 2.48. The fraction of sp³-hybridized carbons (Fsp3) is 0.333. The largest absolute Gasteiger partial charge is 0.465 e.